The first-order valence-corrected chi connectivity index (χ1v) is 9.52. The van der Waals surface area contributed by atoms with Crippen LogP contribution < -0.4 is 5.32 Å². The Morgan fingerprint density at radius 3 is 2.82 bits per heavy atom. The number of rotatable bonds is 7. The van der Waals surface area contributed by atoms with Crippen molar-refractivity contribution in [1.82, 2.24) is 29.7 Å². The first-order valence-electron chi connectivity index (χ1n) is 9.52. The van der Waals surface area contributed by atoms with E-state index in [4.69, 9.17) is 14.0 Å². The average molecular weight is 387 g/mol. The van der Waals surface area contributed by atoms with E-state index in [-0.39, 0.29) is 12.0 Å². The van der Waals surface area contributed by atoms with Crippen molar-refractivity contribution in [3.05, 3.63) is 29.8 Å². The Bertz CT molecular complexity index is 917. The van der Waals surface area contributed by atoms with Gasteiger partial charge >= 0.3 is 0 Å². The smallest absolute Gasteiger partial charge is 0.254 e. The topological polar surface area (TPSA) is 112 Å². The van der Waals surface area contributed by atoms with Gasteiger partial charge in [0.1, 0.15) is 18.2 Å². The number of methoxy groups -OCH3 is 1. The van der Waals surface area contributed by atoms with E-state index in [1.54, 1.807) is 11.6 Å². The molecule has 0 radical (unpaired) electrons. The Balaban J connectivity index is 1.70. The zero-order chi connectivity index (χ0) is 19.5. The Morgan fingerprint density at radius 1 is 1.29 bits per heavy atom. The predicted octanol–water partition coefficient (Wildman–Crippen LogP) is 2.36. The van der Waals surface area contributed by atoms with E-state index >= 15 is 0 Å². The summed E-state index contributed by atoms with van der Waals surface area (Å²) in [5.41, 5.74) is 0.768. The second-order valence-electron chi connectivity index (χ2n) is 7.25. The normalized spacial score (nSPS) is 16.7. The van der Waals surface area contributed by atoms with Crippen LogP contribution in [0.15, 0.2) is 16.9 Å². The van der Waals surface area contributed by atoms with E-state index in [1.165, 1.54) is 6.33 Å². The molecule has 10 nitrogen and oxygen atoms in total. The molecule has 28 heavy (non-hydrogen) atoms. The Hall–Kier alpha value is -2.59. The van der Waals surface area contributed by atoms with Crippen molar-refractivity contribution >= 4 is 11.6 Å². The maximum absolute atomic E-state index is 5.63. The highest BCUT2D eigenvalue weighted by Crippen LogP contribution is 2.33. The minimum Gasteiger partial charge on any atom is -0.381 e. The van der Waals surface area contributed by atoms with Crippen LogP contribution in [0.25, 0.3) is 5.78 Å². The largest absolute Gasteiger partial charge is 0.381 e. The summed E-state index contributed by atoms with van der Waals surface area (Å²) in [6.07, 6.45) is 3.30. The van der Waals surface area contributed by atoms with Gasteiger partial charge in [-0.15, -0.1) is 0 Å². The summed E-state index contributed by atoms with van der Waals surface area (Å²) in [7, 11) is 1.64. The van der Waals surface area contributed by atoms with Gasteiger partial charge in [-0.2, -0.15) is 19.6 Å². The highest BCUT2D eigenvalue weighted by Gasteiger charge is 2.31. The highest BCUT2D eigenvalue weighted by molar-refractivity contribution is 5.46. The molecule has 0 saturated carbocycles. The van der Waals surface area contributed by atoms with Gasteiger partial charge in [-0.1, -0.05) is 19.0 Å². The van der Waals surface area contributed by atoms with E-state index in [0.29, 0.717) is 30.0 Å². The zero-order valence-corrected chi connectivity index (χ0v) is 16.3. The van der Waals surface area contributed by atoms with Crippen molar-refractivity contribution in [2.24, 2.45) is 5.92 Å². The lowest BCUT2D eigenvalue weighted by molar-refractivity contribution is 0.0570. The van der Waals surface area contributed by atoms with Crippen LogP contribution in [0.4, 0.5) is 5.82 Å². The minimum absolute atomic E-state index is 0.158. The summed E-state index contributed by atoms with van der Waals surface area (Å²) in [5, 5.41) is 12.0. The van der Waals surface area contributed by atoms with Crippen LogP contribution in [0, 0.1) is 5.92 Å². The molecular weight excluding hydrogens is 362 g/mol. The minimum atomic E-state index is -0.158. The van der Waals surface area contributed by atoms with Gasteiger partial charge in [0.15, 0.2) is 5.82 Å². The first-order chi connectivity index (χ1) is 13.7. The summed E-state index contributed by atoms with van der Waals surface area (Å²) < 4.78 is 18.1. The maximum Gasteiger partial charge on any atom is 0.254 e. The lowest BCUT2D eigenvalue weighted by Crippen LogP contribution is -2.28. The van der Waals surface area contributed by atoms with Crippen LogP contribution in [0.1, 0.15) is 56.1 Å². The molecule has 4 rings (SSSR count). The first kappa shape index (κ1) is 18.8. The molecule has 1 saturated heterocycles. The quantitative estimate of drug-likeness (QED) is 0.652. The molecule has 4 heterocycles. The van der Waals surface area contributed by atoms with Gasteiger partial charge in [0.25, 0.3) is 5.78 Å². The van der Waals surface area contributed by atoms with Crippen molar-refractivity contribution in [2.45, 2.75) is 45.3 Å². The molecule has 0 spiro atoms. The number of nitrogens with one attached hydrogen (secondary N) is 1. The molecule has 0 aliphatic carbocycles. The molecule has 1 atom stereocenters. The number of ether oxygens (including phenoxy) is 2. The van der Waals surface area contributed by atoms with Gasteiger partial charge < -0.3 is 19.3 Å². The van der Waals surface area contributed by atoms with Gasteiger partial charge in [-0.05, 0) is 18.8 Å². The average Bonchev–Trinajstić information content (AvgIpc) is 3.36. The molecule has 150 valence electrons. The van der Waals surface area contributed by atoms with E-state index in [9.17, 15) is 0 Å². The molecular formula is C18H25N7O3. The third kappa shape index (κ3) is 3.83. The molecule has 0 aromatic carbocycles. The molecule has 3 aromatic rings. The summed E-state index contributed by atoms with van der Waals surface area (Å²) >= 11 is 0. The number of hydrogen-bond donors (Lipinski definition) is 1. The van der Waals surface area contributed by atoms with Crippen LogP contribution in [0.3, 0.4) is 0 Å². The Kier molecular flexibility index (Phi) is 5.49. The van der Waals surface area contributed by atoms with Crippen molar-refractivity contribution in [3.63, 3.8) is 0 Å². The fourth-order valence-electron chi connectivity index (χ4n) is 3.38. The second-order valence-corrected chi connectivity index (χ2v) is 7.25. The van der Waals surface area contributed by atoms with Gasteiger partial charge in [-0.3, -0.25) is 0 Å². The van der Waals surface area contributed by atoms with Crippen molar-refractivity contribution in [3.8, 4) is 0 Å². The third-order valence-electron chi connectivity index (χ3n) is 4.88. The van der Waals surface area contributed by atoms with E-state index in [2.05, 4.69) is 30.5 Å². The highest BCUT2D eigenvalue weighted by atomic mass is 16.5. The van der Waals surface area contributed by atoms with Crippen molar-refractivity contribution < 1.29 is 14.0 Å². The lowest BCUT2D eigenvalue weighted by atomic mass is 9.91. The molecule has 3 aromatic heterocycles. The fraction of sp³-hybridized carbons (Fsp3) is 0.611. The number of anilines is 1. The molecule has 1 aliphatic rings. The summed E-state index contributed by atoms with van der Waals surface area (Å²) in [6, 6.07) is 1.76. The standard InChI is InChI=1S/C18H25N7O3/c1-11(2)16-23-17(28-24-16)15(12-4-6-27-7-5-12)22-14-8-13(9-26-3)21-18-19-10-20-25(14)18/h8,10-12,15,22H,4-7,9H2,1-3H3. The van der Waals surface area contributed by atoms with Crippen molar-refractivity contribution in [2.75, 3.05) is 25.6 Å². The second kappa shape index (κ2) is 8.19. The molecule has 1 fully saturated rings. The zero-order valence-electron chi connectivity index (χ0n) is 16.3. The molecule has 1 unspecified atom stereocenters. The third-order valence-corrected chi connectivity index (χ3v) is 4.88. The molecule has 0 amide bonds. The van der Waals surface area contributed by atoms with E-state index < -0.39 is 0 Å². The number of fused-ring (bicyclic) bond motifs is 1. The summed E-state index contributed by atoms with van der Waals surface area (Å²) in [5.74, 6) is 3.05. The van der Waals surface area contributed by atoms with E-state index in [1.807, 2.05) is 19.9 Å². The van der Waals surface area contributed by atoms with Crippen LogP contribution in [-0.2, 0) is 16.1 Å². The molecule has 1 N–H and O–H groups in total. The van der Waals surface area contributed by atoms with Crippen LogP contribution in [0.5, 0.6) is 0 Å². The van der Waals surface area contributed by atoms with Gasteiger partial charge in [0, 0.05) is 32.3 Å². The van der Waals surface area contributed by atoms with Crippen LogP contribution >= 0.6 is 0 Å². The molecule has 0 bridgehead atoms. The fourth-order valence-corrected chi connectivity index (χ4v) is 3.38. The summed E-state index contributed by atoms with van der Waals surface area (Å²) in [6.45, 7) is 5.92. The Labute approximate surface area is 162 Å². The van der Waals surface area contributed by atoms with Gasteiger partial charge in [-0.25, -0.2) is 4.98 Å². The monoisotopic (exact) mass is 387 g/mol. The van der Waals surface area contributed by atoms with Gasteiger partial charge in [0.2, 0.25) is 5.89 Å². The SMILES string of the molecule is COCc1cc(NC(c2nc(C(C)C)no2)C2CCOCC2)n2ncnc2n1. The van der Waals surface area contributed by atoms with E-state index in [0.717, 1.165) is 37.6 Å². The maximum atomic E-state index is 5.63. The Morgan fingerprint density at radius 2 is 2.11 bits per heavy atom. The number of aromatic nitrogens is 6. The van der Waals surface area contributed by atoms with Crippen molar-refractivity contribution in [1.29, 1.82) is 0 Å². The lowest BCUT2D eigenvalue weighted by Gasteiger charge is -2.29. The van der Waals surface area contributed by atoms with Crippen LogP contribution in [0.2, 0.25) is 0 Å². The van der Waals surface area contributed by atoms with Crippen LogP contribution in [-0.4, -0.2) is 50.0 Å². The number of nitrogens with zero attached hydrogens (tertiary/aromatic N) is 6. The molecule has 1 aliphatic heterocycles. The number of hydrogen-bond acceptors (Lipinski definition) is 9. The van der Waals surface area contributed by atoms with Gasteiger partial charge in [0.05, 0.1) is 12.3 Å². The summed E-state index contributed by atoms with van der Waals surface area (Å²) in [4.78, 5) is 13.3. The molecule has 10 heteroatoms. The predicted molar refractivity (Wildman–Crippen MR) is 99.8 cm³/mol.